The van der Waals surface area contributed by atoms with Crippen molar-refractivity contribution in [2.45, 2.75) is 19.3 Å². The van der Waals surface area contributed by atoms with Crippen LogP contribution in [0.5, 0.6) is 0 Å². The largest absolute Gasteiger partial charge is 0.481 e. The van der Waals surface area contributed by atoms with Crippen molar-refractivity contribution in [3.8, 4) is 0 Å². The molecular formula is C13H12ClNO2. The van der Waals surface area contributed by atoms with Gasteiger partial charge in [0, 0.05) is 10.4 Å². The molecule has 17 heavy (non-hydrogen) atoms. The van der Waals surface area contributed by atoms with Crippen molar-refractivity contribution < 1.29 is 9.90 Å². The number of rotatable bonds is 2. The Morgan fingerprint density at radius 2 is 1.94 bits per heavy atom. The minimum atomic E-state index is -1.00. The third-order valence-electron chi connectivity index (χ3n) is 2.83. The Morgan fingerprint density at radius 1 is 1.29 bits per heavy atom. The van der Waals surface area contributed by atoms with Crippen LogP contribution in [0, 0.1) is 0 Å². The maximum Gasteiger partial charge on any atom is 0.315 e. The molecule has 1 aromatic heterocycles. The second-order valence-electron chi connectivity index (χ2n) is 4.46. The number of halogens is 1. The molecule has 0 saturated heterocycles. The van der Waals surface area contributed by atoms with Gasteiger partial charge in [0.25, 0.3) is 0 Å². The average Bonchev–Trinajstić information content (AvgIpc) is 2.27. The second-order valence-corrected chi connectivity index (χ2v) is 4.90. The number of hydrogen-bond acceptors (Lipinski definition) is 2. The lowest BCUT2D eigenvalue weighted by Gasteiger charge is -2.18. The highest BCUT2D eigenvalue weighted by Gasteiger charge is 2.30. The van der Waals surface area contributed by atoms with Gasteiger partial charge in [0.2, 0.25) is 0 Å². The molecule has 0 aliphatic rings. The van der Waals surface area contributed by atoms with E-state index in [2.05, 4.69) is 4.98 Å². The lowest BCUT2D eigenvalue weighted by Crippen LogP contribution is -2.29. The second kappa shape index (κ2) is 4.00. The Kier molecular flexibility index (Phi) is 2.79. The third kappa shape index (κ3) is 2.11. The minimum Gasteiger partial charge on any atom is -0.481 e. The summed E-state index contributed by atoms with van der Waals surface area (Å²) in [4.78, 5) is 15.5. The van der Waals surface area contributed by atoms with E-state index in [1.54, 1.807) is 32.0 Å². The van der Waals surface area contributed by atoms with Crippen molar-refractivity contribution in [1.29, 1.82) is 0 Å². The van der Waals surface area contributed by atoms with E-state index in [4.69, 9.17) is 16.7 Å². The zero-order chi connectivity index (χ0) is 12.6. The van der Waals surface area contributed by atoms with E-state index in [9.17, 15) is 4.79 Å². The summed E-state index contributed by atoms with van der Waals surface area (Å²) >= 11 is 5.89. The molecular weight excluding hydrogens is 238 g/mol. The number of fused-ring (bicyclic) bond motifs is 1. The Balaban J connectivity index is 2.62. The fourth-order valence-corrected chi connectivity index (χ4v) is 1.71. The molecule has 1 N–H and O–H groups in total. The van der Waals surface area contributed by atoms with Crippen LogP contribution >= 0.6 is 11.6 Å². The molecule has 3 nitrogen and oxygen atoms in total. The molecule has 0 fully saturated rings. The van der Waals surface area contributed by atoms with Gasteiger partial charge < -0.3 is 5.11 Å². The van der Waals surface area contributed by atoms with Gasteiger partial charge in [0.05, 0.1) is 11.2 Å². The van der Waals surface area contributed by atoms with Gasteiger partial charge in [-0.1, -0.05) is 23.7 Å². The highest BCUT2D eigenvalue weighted by Crippen LogP contribution is 2.25. The van der Waals surface area contributed by atoms with Crippen LogP contribution in [0.1, 0.15) is 19.5 Å². The first kappa shape index (κ1) is 11.9. The van der Waals surface area contributed by atoms with Crippen LogP contribution in [0.4, 0.5) is 0 Å². The number of carboxylic acids is 1. The molecule has 0 spiro atoms. The van der Waals surface area contributed by atoms with Gasteiger partial charge in [0.15, 0.2) is 0 Å². The molecule has 0 atom stereocenters. The molecule has 0 radical (unpaired) electrons. The number of nitrogens with zero attached hydrogens (tertiary/aromatic N) is 1. The van der Waals surface area contributed by atoms with Crippen LogP contribution in [0.15, 0.2) is 30.3 Å². The third-order valence-corrected chi connectivity index (χ3v) is 3.06. The van der Waals surface area contributed by atoms with Crippen LogP contribution in [-0.4, -0.2) is 16.1 Å². The van der Waals surface area contributed by atoms with Crippen molar-refractivity contribution in [1.82, 2.24) is 4.98 Å². The quantitative estimate of drug-likeness (QED) is 0.889. The van der Waals surface area contributed by atoms with Gasteiger partial charge in [-0.05, 0) is 32.0 Å². The van der Waals surface area contributed by atoms with Crippen molar-refractivity contribution in [3.63, 3.8) is 0 Å². The summed E-state index contributed by atoms with van der Waals surface area (Å²) in [7, 11) is 0. The molecule has 1 heterocycles. The highest BCUT2D eigenvalue weighted by molar-refractivity contribution is 6.31. The maximum atomic E-state index is 11.2. The standard InChI is InChI=1S/C13H12ClNO2/c1-13(2,12(16)17)11-6-4-8-3-5-9(14)7-10(8)15-11/h3-7H,1-2H3,(H,16,17). The van der Waals surface area contributed by atoms with Gasteiger partial charge in [-0.3, -0.25) is 9.78 Å². The Labute approximate surface area is 104 Å². The SMILES string of the molecule is CC(C)(C(=O)O)c1ccc2ccc(Cl)cc2n1. The number of carboxylic acid groups (broad SMARTS) is 1. The molecule has 0 bridgehead atoms. The number of aromatic nitrogens is 1. The Bertz CT molecular complexity index is 593. The van der Waals surface area contributed by atoms with Gasteiger partial charge in [-0.2, -0.15) is 0 Å². The molecule has 0 unspecified atom stereocenters. The first-order valence-corrected chi connectivity index (χ1v) is 5.59. The molecule has 2 aromatic rings. The average molecular weight is 250 g/mol. The fourth-order valence-electron chi connectivity index (χ4n) is 1.55. The first-order valence-electron chi connectivity index (χ1n) is 5.21. The number of aliphatic carboxylic acids is 1. The monoisotopic (exact) mass is 249 g/mol. The maximum absolute atomic E-state index is 11.2. The van der Waals surface area contributed by atoms with Crippen LogP contribution in [-0.2, 0) is 10.2 Å². The first-order chi connectivity index (χ1) is 7.91. The zero-order valence-electron chi connectivity index (χ0n) is 9.57. The predicted molar refractivity (Wildman–Crippen MR) is 67.4 cm³/mol. The van der Waals surface area contributed by atoms with E-state index >= 15 is 0 Å². The van der Waals surface area contributed by atoms with Gasteiger partial charge in [-0.15, -0.1) is 0 Å². The number of carbonyl (C=O) groups is 1. The van der Waals surface area contributed by atoms with E-state index in [0.29, 0.717) is 16.2 Å². The minimum absolute atomic E-state index is 0.528. The van der Waals surface area contributed by atoms with Gasteiger partial charge in [0.1, 0.15) is 5.41 Å². The number of pyridine rings is 1. The van der Waals surface area contributed by atoms with E-state index < -0.39 is 11.4 Å². The predicted octanol–water partition coefficient (Wildman–Crippen LogP) is 3.25. The van der Waals surface area contributed by atoms with Crippen LogP contribution in [0.25, 0.3) is 10.9 Å². The molecule has 0 amide bonds. The summed E-state index contributed by atoms with van der Waals surface area (Å²) in [5.41, 5.74) is 0.236. The van der Waals surface area contributed by atoms with E-state index in [0.717, 1.165) is 5.39 Å². The summed E-state index contributed by atoms with van der Waals surface area (Å²) in [6.07, 6.45) is 0. The lowest BCUT2D eigenvalue weighted by molar-refractivity contribution is -0.142. The molecule has 2 rings (SSSR count). The summed E-state index contributed by atoms with van der Waals surface area (Å²) < 4.78 is 0. The number of benzene rings is 1. The van der Waals surface area contributed by atoms with Crippen molar-refractivity contribution in [3.05, 3.63) is 41.0 Å². The highest BCUT2D eigenvalue weighted by atomic mass is 35.5. The summed E-state index contributed by atoms with van der Waals surface area (Å²) in [5.74, 6) is -0.897. The van der Waals surface area contributed by atoms with E-state index in [1.807, 2.05) is 12.1 Å². The van der Waals surface area contributed by atoms with Crippen LogP contribution in [0.3, 0.4) is 0 Å². The lowest BCUT2D eigenvalue weighted by atomic mass is 9.89. The smallest absolute Gasteiger partial charge is 0.315 e. The Morgan fingerprint density at radius 3 is 2.59 bits per heavy atom. The summed E-state index contributed by atoms with van der Waals surface area (Å²) in [6, 6.07) is 8.98. The molecule has 0 aliphatic heterocycles. The van der Waals surface area contributed by atoms with Crippen molar-refractivity contribution in [2.75, 3.05) is 0 Å². The van der Waals surface area contributed by atoms with E-state index in [1.165, 1.54) is 0 Å². The zero-order valence-corrected chi connectivity index (χ0v) is 10.3. The summed E-state index contributed by atoms with van der Waals surface area (Å²) in [5, 5.41) is 10.7. The Hall–Kier alpha value is -1.61. The molecule has 4 heteroatoms. The van der Waals surface area contributed by atoms with Crippen molar-refractivity contribution in [2.24, 2.45) is 0 Å². The van der Waals surface area contributed by atoms with Crippen molar-refractivity contribution >= 4 is 28.5 Å². The van der Waals surface area contributed by atoms with E-state index in [-0.39, 0.29) is 0 Å². The molecule has 88 valence electrons. The summed E-state index contributed by atoms with van der Waals surface area (Å²) in [6.45, 7) is 3.27. The number of hydrogen-bond donors (Lipinski definition) is 1. The van der Waals surface area contributed by atoms with Gasteiger partial charge >= 0.3 is 5.97 Å². The molecule has 0 aliphatic carbocycles. The van der Waals surface area contributed by atoms with Crippen LogP contribution < -0.4 is 0 Å². The molecule has 1 aromatic carbocycles. The van der Waals surface area contributed by atoms with Crippen LogP contribution in [0.2, 0.25) is 5.02 Å². The van der Waals surface area contributed by atoms with Gasteiger partial charge in [-0.25, -0.2) is 0 Å². The fraction of sp³-hybridized carbons (Fsp3) is 0.231. The molecule has 0 saturated carbocycles. The normalized spacial score (nSPS) is 11.7. The topological polar surface area (TPSA) is 50.2 Å².